The Morgan fingerprint density at radius 2 is 2.10 bits per heavy atom. The molecule has 1 aromatic carbocycles. The van der Waals surface area contributed by atoms with E-state index in [9.17, 15) is 13.2 Å². The molecule has 2 N–H and O–H groups in total. The highest BCUT2D eigenvalue weighted by Crippen LogP contribution is 2.20. The van der Waals surface area contributed by atoms with Crippen LogP contribution in [-0.4, -0.2) is 32.6 Å². The van der Waals surface area contributed by atoms with Crippen LogP contribution in [0.15, 0.2) is 23.1 Å². The largest absolute Gasteiger partial charge is 0.480 e. The van der Waals surface area contributed by atoms with Crippen LogP contribution in [0.2, 0.25) is 5.02 Å². The molecule has 0 radical (unpaired) electrons. The minimum absolute atomic E-state index is 0.0793. The summed E-state index contributed by atoms with van der Waals surface area (Å²) in [4.78, 5) is 11.0. The zero-order valence-electron chi connectivity index (χ0n) is 11.8. The van der Waals surface area contributed by atoms with Crippen molar-refractivity contribution < 1.29 is 23.1 Å². The van der Waals surface area contributed by atoms with Crippen LogP contribution in [-0.2, 0) is 26.2 Å². The maximum absolute atomic E-state index is 12.3. The summed E-state index contributed by atoms with van der Waals surface area (Å²) in [5.74, 6) is -1.21. The molecule has 1 rings (SSSR count). The van der Waals surface area contributed by atoms with E-state index >= 15 is 0 Å². The second-order valence-electron chi connectivity index (χ2n) is 4.53. The van der Waals surface area contributed by atoms with Crippen molar-refractivity contribution in [1.82, 2.24) is 4.72 Å². The van der Waals surface area contributed by atoms with Crippen molar-refractivity contribution in [3.8, 4) is 0 Å². The Labute approximate surface area is 129 Å². The number of nitrogens with one attached hydrogen (secondary N) is 1. The number of benzene rings is 1. The molecule has 21 heavy (non-hydrogen) atoms. The molecule has 0 bridgehead atoms. The average molecular weight is 336 g/mol. The van der Waals surface area contributed by atoms with Gasteiger partial charge >= 0.3 is 5.97 Å². The SMILES string of the molecule is CCCC(NS(=O)(=O)c1cc(Cl)cc(COC)c1)C(=O)O. The van der Waals surface area contributed by atoms with Crippen molar-refractivity contribution >= 4 is 27.6 Å². The fraction of sp³-hybridized carbons (Fsp3) is 0.462. The molecular weight excluding hydrogens is 318 g/mol. The maximum atomic E-state index is 12.3. The van der Waals surface area contributed by atoms with Gasteiger partial charge in [0.15, 0.2) is 0 Å². The van der Waals surface area contributed by atoms with Gasteiger partial charge in [0.1, 0.15) is 6.04 Å². The summed E-state index contributed by atoms with van der Waals surface area (Å²) < 4.78 is 31.6. The topological polar surface area (TPSA) is 92.7 Å². The van der Waals surface area contributed by atoms with Crippen LogP contribution < -0.4 is 4.72 Å². The van der Waals surface area contributed by atoms with E-state index in [0.717, 1.165) is 0 Å². The monoisotopic (exact) mass is 335 g/mol. The van der Waals surface area contributed by atoms with Crippen molar-refractivity contribution in [2.45, 2.75) is 37.3 Å². The molecule has 1 aromatic rings. The van der Waals surface area contributed by atoms with Gasteiger partial charge in [0, 0.05) is 12.1 Å². The van der Waals surface area contributed by atoms with Crippen LogP contribution in [0.25, 0.3) is 0 Å². The number of ether oxygens (including phenoxy) is 1. The fourth-order valence-corrected chi connectivity index (χ4v) is 3.44. The van der Waals surface area contributed by atoms with Gasteiger partial charge < -0.3 is 9.84 Å². The van der Waals surface area contributed by atoms with Crippen LogP contribution in [0.4, 0.5) is 0 Å². The molecule has 0 fully saturated rings. The highest BCUT2D eigenvalue weighted by atomic mass is 35.5. The molecule has 0 aliphatic heterocycles. The summed E-state index contributed by atoms with van der Waals surface area (Å²) >= 11 is 5.89. The molecular formula is C13H18ClNO5S. The Kier molecular flexibility index (Phi) is 6.60. The molecule has 0 aliphatic rings. The number of hydrogen-bond acceptors (Lipinski definition) is 4. The first kappa shape index (κ1) is 17.9. The van der Waals surface area contributed by atoms with Gasteiger partial charge in [-0.15, -0.1) is 0 Å². The highest BCUT2D eigenvalue weighted by Gasteiger charge is 2.25. The van der Waals surface area contributed by atoms with Crippen molar-refractivity contribution in [1.29, 1.82) is 0 Å². The van der Waals surface area contributed by atoms with Gasteiger partial charge in [-0.3, -0.25) is 4.79 Å². The minimum atomic E-state index is -3.96. The molecule has 0 saturated heterocycles. The Morgan fingerprint density at radius 3 is 2.62 bits per heavy atom. The molecule has 0 aliphatic carbocycles. The summed E-state index contributed by atoms with van der Waals surface area (Å²) in [6, 6.07) is 3.10. The van der Waals surface area contributed by atoms with Gasteiger partial charge in [0.25, 0.3) is 0 Å². The van der Waals surface area contributed by atoms with Gasteiger partial charge in [-0.2, -0.15) is 4.72 Å². The Hall–Kier alpha value is -1.15. The molecule has 118 valence electrons. The molecule has 0 spiro atoms. The second kappa shape index (κ2) is 7.74. The molecule has 0 saturated carbocycles. The molecule has 6 nitrogen and oxygen atoms in total. The van der Waals surface area contributed by atoms with E-state index in [-0.39, 0.29) is 22.9 Å². The Balaban J connectivity index is 3.09. The predicted molar refractivity (Wildman–Crippen MR) is 78.8 cm³/mol. The van der Waals surface area contributed by atoms with E-state index in [1.807, 2.05) is 0 Å². The predicted octanol–water partition coefficient (Wildman–Crippen LogP) is 2.02. The van der Waals surface area contributed by atoms with Crippen LogP contribution >= 0.6 is 11.6 Å². The second-order valence-corrected chi connectivity index (χ2v) is 6.68. The molecule has 8 heteroatoms. The van der Waals surface area contributed by atoms with Crippen molar-refractivity contribution in [3.63, 3.8) is 0 Å². The highest BCUT2D eigenvalue weighted by molar-refractivity contribution is 7.89. The lowest BCUT2D eigenvalue weighted by Gasteiger charge is -2.14. The molecule has 0 amide bonds. The summed E-state index contributed by atoms with van der Waals surface area (Å²) in [5.41, 5.74) is 0.591. The number of sulfonamides is 1. The summed E-state index contributed by atoms with van der Waals surface area (Å²) in [6.07, 6.45) is 0.754. The van der Waals surface area contributed by atoms with E-state index < -0.39 is 22.0 Å². The number of methoxy groups -OCH3 is 1. The van der Waals surface area contributed by atoms with Crippen molar-refractivity contribution in [2.75, 3.05) is 7.11 Å². The lowest BCUT2D eigenvalue weighted by atomic mass is 10.2. The maximum Gasteiger partial charge on any atom is 0.321 e. The van der Waals surface area contributed by atoms with Gasteiger partial charge in [0.05, 0.1) is 11.5 Å². The normalized spacial score (nSPS) is 13.1. The standard InChI is InChI=1S/C13H18ClNO5S/c1-3-4-12(13(16)17)15-21(18,19)11-6-9(8-20-2)5-10(14)7-11/h5-7,12,15H,3-4,8H2,1-2H3,(H,16,17). The first-order valence-electron chi connectivity index (χ1n) is 6.33. The third-order valence-corrected chi connectivity index (χ3v) is 4.39. The lowest BCUT2D eigenvalue weighted by Crippen LogP contribution is -2.40. The molecule has 0 heterocycles. The molecule has 1 unspecified atom stereocenters. The lowest BCUT2D eigenvalue weighted by molar-refractivity contribution is -0.139. The summed E-state index contributed by atoms with van der Waals surface area (Å²) in [5, 5.41) is 9.28. The fourth-order valence-electron chi connectivity index (χ4n) is 1.80. The first-order valence-corrected chi connectivity index (χ1v) is 8.19. The summed E-state index contributed by atoms with van der Waals surface area (Å²) in [6.45, 7) is 1.99. The van der Waals surface area contributed by atoms with Gasteiger partial charge in [-0.05, 0) is 30.2 Å². The number of carbonyl (C=O) groups is 1. The van der Waals surface area contributed by atoms with E-state index in [2.05, 4.69) is 4.72 Å². The zero-order chi connectivity index (χ0) is 16.0. The van der Waals surface area contributed by atoms with Gasteiger partial charge in [-0.1, -0.05) is 24.9 Å². The molecule has 0 aromatic heterocycles. The van der Waals surface area contributed by atoms with Gasteiger partial charge in [0.2, 0.25) is 10.0 Å². The Morgan fingerprint density at radius 1 is 1.43 bits per heavy atom. The Bertz CT molecular complexity index is 603. The van der Waals surface area contributed by atoms with Crippen LogP contribution in [0, 0.1) is 0 Å². The smallest absolute Gasteiger partial charge is 0.321 e. The minimum Gasteiger partial charge on any atom is -0.480 e. The number of carboxylic acid groups (broad SMARTS) is 1. The summed E-state index contributed by atoms with van der Waals surface area (Å²) in [7, 11) is -2.48. The van der Waals surface area contributed by atoms with E-state index in [4.69, 9.17) is 21.4 Å². The number of carboxylic acids is 1. The zero-order valence-corrected chi connectivity index (χ0v) is 13.4. The van der Waals surface area contributed by atoms with Crippen molar-refractivity contribution in [2.24, 2.45) is 0 Å². The molecule has 1 atom stereocenters. The average Bonchev–Trinajstić information content (AvgIpc) is 2.37. The quantitative estimate of drug-likeness (QED) is 0.758. The number of hydrogen-bond donors (Lipinski definition) is 2. The van der Waals surface area contributed by atoms with E-state index in [1.54, 1.807) is 13.0 Å². The van der Waals surface area contributed by atoms with E-state index in [0.29, 0.717) is 12.0 Å². The van der Waals surface area contributed by atoms with Crippen molar-refractivity contribution in [3.05, 3.63) is 28.8 Å². The third-order valence-electron chi connectivity index (χ3n) is 2.73. The number of aliphatic carboxylic acids is 1. The van der Waals surface area contributed by atoms with Crippen LogP contribution in [0.3, 0.4) is 0 Å². The van der Waals surface area contributed by atoms with E-state index in [1.165, 1.54) is 19.2 Å². The third kappa shape index (κ3) is 5.28. The number of rotatable bonds is 8. The van der Waals surface area contributed by atoms with Crippen LogP contribution in [0.1, 0.15) is 25.3 Å². The van der Waals surface area contributed by atoms with Crippen LogP contribution in [0.5, 0.6) is 0 Å². The van der Waals surface area contributed by atoms with Gasteiger partial charge in [-0.25, -0.2) is 8.42 Å². The number of halogens is 1. The first-order chi connectivity index (χ1) is 9.80.